The molecule has 6 heteroatoms. The smallest absolute Gasteiger partial charge is 0.407 e. The number of rotatable bonds is 7. The van der Waals surface area contributed by atoms with Gasteiger partial charge in [-0.1, -0.05) is 0 Å². The van der Waals surface area contributed by atoms with Gasteiger partial charge in [-0.25, -0.2) is 4.79 Å². The second kappa shape index (κ2) is 9.11. The molecule has 0 atom stereocenters. The van der Waals surface area contributed by atoms with Gasteiger partial charge in [0.15, 0.2) is 0 Å². The highest BCUT2D eigenvalue weighted by molar-refractivity contribution is 5.95. The molecule has 0 aliphatic rings. The summed E-state index contributed by atoms with van der Waals surface area (Å²) in [6.07, 6.45) is -0.498. The summed E-state index contributed by atoms with van der Waals surface area (Å²) < 4.78 is 5.22. The first-order valence-electron chi connectivity index (χ1n) is 9.50. The largest absolute Gasteiger partial charge is 0.444 e. The van der Waals surface area contributed by atoms with Gasteiger partial charge in [0.05, 0.1) is 5.54 Å². The van der Waals surface area contributed by atoms with Crippen LogP contribution < -0.4 is 15.5 Å². The summed E-state index contributed by atoms with van der Waals surface area (Å²) in [7, 11) is 0. The number of carbonyl (C=O) groups is 2. The number of hydrogen-bond acceptors (Lipinski definition) is 4. The number of ether oxygens (including phenoxy) is 1. The Morgan fingerprint density at radius 3 is 2.07 bits per heavy atom. The minimum atomic E-state index is -0.611. The van der Waals surface area contributed by atoms with Gasteiger partial charge in [-0.2, -0.15) is 0 Å². The predicted octanol–water partition coefficient (Wildman–Crippen LogP) is 3.95. The van der Waals surface area contributed by atoms with E-state index < -0.39 is 17.2 Å². The fraction of sp³-hybridized carbons (Fsp3) is 0.619. The minimum Gasteiger partial charge on any atom is -0.444 e. The third-order valence-corrected chi connectivity index (χ3v) is 3.95. The Bertz CT molecular complexity index is 631. The van der Waals surface area contributed by atoms with Gasteiger partial charge in [0, 0.05) is 30.4 Å². The van der Waals surface area contributed by atoms with E-state index in [-0.39, 0.29) is 12.5 Å². The molecule has 27 heavy (non-hydrogen) atoms. The van der Waals surface area contributed by atoms with Crippen molar-refractivity contribution in [2.75, 3.05) is 18.0 Å². The van der Waals surface area contributed by atoms with Gasteiger partial charge in [0.25, 0.3) is 5.91 Å². The van der Waals surface area contributed by atoms with Crippen molar-refractivity contribution < 1.29 is 14.3 Å². The van der Waals surface area contributed by atoms with Crippen LogP contribution in [0.2, 0.25) is 0 Å². The highest BCUT2D eigenvalue weighted by Gasteiger charge is 2.24. The van der Waals surface area contributed by atoms with Crippen molar-refractivity contribution in [2.24, 2.45) is 0 Å². The Kier molecular flexibility index (Phi) is 7.69. The average molecular weight is 378 g/mol. The Morgan fingerprint density at radius 2 is 1.63 bits per heavy atom. The number of nitrogens with zero attached hydrogens (tertiary/aromatic N) is 1. The van der Waals surface area contributed by atoms with Gasteiger partial charge in [-0.05, 0) is 79.7 Å². The number of hydrogen-bond donors (Lipinski definition) is 2. The zero-order chi connectivity index (χ0) is 20.8. The fourth-order valence-corrected chi connectivity index (χ4v) is 2.68. The zero-order valence-corrected chi connectivity index (χ0v) is 18.0. The first-order valence-corrected chi connectivity index (χ1v) is 9.50. The van der Waals surface area contributed by atoms with E-state index in [2.05, 4.69) is 36.3 Å². The lowest BCUT2D eigenvalue weighted by Crippen LogP contribution is -2.52. The van der Waals surface area contributed by atoms with Gasteiger partial charge in [0.2, 0.25) is 0 Å². The van der Waals surface area contributed by atoms with Crippen LogP contribution in [0.25, 0.3) is 0 Å². The molecule has 1 aromatic carbocycles. The Labute approximate surface area is 163 Å². The van der Waals surface area contributed by atoms with Crippen LogP contribution in [0, 0.1) is 0 Å². The van der Waals surface area contributed by atoms with Crippen molar-refractivity contribution in [1.82, 2.24) is 10.6 Å². The van der Waals surface area contributed by atoms with Crippen molar-refractivity contribution in [1.29, 1.82) is 0 Å². The van der Waals surface area contributed by atoms with Crippen LogP contribution >= 0.6 is 0 Å². The third kappa shape index (κ3) is 7.89. The highest BCUT2D eigenvalue weighted by atomic mass is 16.6. The maximum Gasteiger partial charge on any atom is 0.407 e. The molecule has 0 bridgehead atoms. The number of amides is 2. The summed E-state index contributed by atoms with van der Waals surface area (Å²) in [6, 6.07) is 7.97. The van der Waals surface area contributed by atoms with Crippen LogP contribution in [0.3, 0.4) is 0 Å². The summed E-state index contributed by atoms with van der Waals surface area (Å²) in [6.45, 7) is 16.7. The number of anilines is 1. The zero-order valence-electron chi connectivity index (χ0n) is 18.0. The maximum absolute atomic E-state index is 12.5. The monoisotopic (exact) mass is 377 g/mol. The van der Waals surface area contributed by atoms with Crippen molar-refractivity contribution in [3.05, 3.63) is 29.8 Å². The van der Waals surface area contributed by atoms with Gasteiger partial charge in [-0.15, -0.1) is 0 Å². The predicted molar refractivity (Wildman–Crippen MR) is 110 cm³/mol. The molecule has 0 fully saturated rings. The molecule has 0 aliphatic carbocycles. The molecule has 1 rings (SSSR count). The van der Waals surface area contributed by atoms with E-state index in [9.17, 15) is 9.59 Å². The molecule has 0 saturated heterocycles. The average Bonchev–Trinajstić information content (AvgIpc) is 2.52. The molecule has 2 N–H and O–H groups in total. The third-order valence-electron chi connectivity index (χ3n) is 3.95. The SMILES string of the molecule is CCN(c1ccc(C(=O)NC(C)(C)CNC(=O)OC(C)(C)C)cc1)C(C)C. The van der Waals surface area contributed by atoms with E-state index in [0.717, 1.165) is 12.2 Å². The normalized spacial score (nSPS) is 11.9. The van der Waals surface area contributed by atoms with Crippen LogP contribution in [0.1, 0.15) is 65.7 Å². The lowest BCUT2D eigenvalue weighted by molar-refractivity contribution is 0.0509. The molecular weight excluding hydrogens is 342 g/mol. The van der Waals surface area contributed by atoms with Crippen molar-refractivity contribution in [2.45, 2.75) is 72.6 Å². The Balaban J connectivity index is 2.67. The van der Waals surface area contributed by atoms with Crippen molar-refractivity contribution in [3.63, 3.8) is 0 Å². The van der Waals surface area contributed by atoms with Gasteiger partial charge < -0.3 is 20.3 Å². The van der Waals surface area contributed by atoms with Gasteiger partial charge in [-0.3, -0.25) is 4.79 Å². The quantitative estimate of drug-likeness (QED) is 0.755. The summed E-state index contributed by atoms with van der Waals surface area (Å²) in [5.74, 6) is -0.176. The number of alkyl carbamates (subject to hydrolysis) is 1. The van der Waals surface area contributed by atoms with E-state index in [4.69, 9.17) is 4.74 Å². The highest BCUT2D eigenvalue weighted by Crippen LogP contribution is 2.18. The molecule has 1 aromatic rings. The molecule has 0 unspecified atom stereocenters. The number of benzene rings is 1. The van der Waals surface area contributed by atoms with E-state index in [0.29, 0.717) is 11.6 Å². The molecule has 152 valence electrons. The van der Waals surface area contributed by atoms with E-state index in [1.54, 1.807) is 0 Å². The lowest BCUT2D eigenvalue weighted by atomic mass is 10.0. The molecule has 0 aromatic heterocycles. The van der Waals surface area contributed by atoms with Crippen LogP contribution in [0.4, 0.5) is 10.5 Å². The van der Waals surface area contributed by atoms with Crippen LogP contribution in [-0.4, -0.2) is 42.3 Å². The van der Waals surface area contributed by atoms with Crippen molar-refractivity contribution in [3.8, 4) is 0 Å². The molecule has 0 saturated carbocycles. The molecule has 0 spiro atoms. The lowest BCUT2D eigenvalue weighted by Gasteiger charge is -2.29. The Morgan fingerprint density at radius 1 is 1.07 bits per heavy atom. The molecular formula is C21H35N3O3. The van der Waals surface area contributed by atoms with Gasteiger partial charge >= 0.3 is 6.09 Å². The van der Waals surface area contributed by atoms with Crippen LogP contribution in [0.5, 0.6) is 0 Å². The molecule has 0 heterocycles. The molecule has 0 radical (unpaired) electrons. The molecule has 2 amide bonds. The topological polar surface area (TPSA) is 70.7 Å². The van der Waals surface area contributed by atoms with E-state index in [1.807, 2.05) is 58.9 Å². The fourth-order valence-electron chi connectivity index (χ4n) is 2.68. The van der Waals surface area contributed by atoms with Crippen molar-refractivity contribution >= 4 is 17.7 Å². The first-order chi connectivity index (χ1) is 12.3. The Hall–Kier alpha value is -2.24. The second-order valence-corrected chi connectivity index (χ2v) is 8.62. The second-order valence-electron chi connectivity index (χ2n) is 8.62. The minimum absolute atomic E-state index is 0.176. The van der Waals surface area contributed by atoms with E-state index in [1.165, 1.54) is 0 Å². The summed E-state index contributed by atoms with van der Waals surface area (Å²) in [5, 5.41) is 5.65. The first kappa shape index (κ1) is 22.8. The van der Waals surface area contributed by atoms with E-state index >= 15 is 0 Å². The van der Waals surface area contributed by atoms with Crippen LogP contribution in [0.15, 0.2) is 24.3 Å². The summed E-state index contributed by atoms with van der Waals surface area (Å²) >= 11 is 0. The maximum atomic E-state index is 12.5. The van der Waals surface area contributed by atoms with Crippen LogP contribution in [-0.2, 0) is 4.74 Å². The molecule has 6 nitrogen and oxygen atoms in total. The molecule has 0 aliphatic heterocycles. The number of carbonyl (C=O) groups excluding carboxylic acids is 2. The number of nitrogens with one attached hydrogen (secondary N) is 2. The summed E-state index contributed by atoms with van der Waals surface area (Å²) in [4.78, 5) is 26.6. The van der Waals surface area contributed by atoms with Gasteiger partial charge in [0.1, 0.15) is 5.60 Å². The summed E-state index contributed by atoms with van der Waals surface area (Å²) in [5.41, 5.74) is 0.514. The standard InChI is InChI=1S/C21H35N3O3/c1-9-24(15(2)3)17-12-10-16(11-13-17)18(25)23-21(7,8)14-22-19(26)27-20(4,5)6/h10-13,15H,9,14H2,1-8H3,(H,22,26)(H,23,25).